The summed E-state index contributed by atoms with van der Waals surface area (Å²) in [6.45, 7) is 3.64. The van der Waals surface area contributed by atoms with Crippen molar-refractivity contribution in [2.24, 2.45) is 0 Å². The summed E-state index contributed by atoms with van der Waals surface area (Å²) < 4.78 is 41.9. The molecule has 0 radical (unpaired) electrons. The van der Waals surface area contributed by atoms with Gasteiger partial charge < -0.3 is 4.18 Å². The quantitative estimate of drug-likeness (QED) is 0.812. The van der Waals surface area contributed by atoms with Gasteiger partial charge in [0.2, 0.25) is 0 Å². The fourth-order valence-corrected chi connectivity index (χ4v) is 2.86. The van der Waals surface area contributed by atoms with E-state index in [2.05, 4.69) is 0 Å². The minimum Gasteiger partial charge on any atom is -0.382 e. The molecule has 2 aromatic carbocycles. The predicted octanol–water partition coefficient (Wildman–Crippen LogP) is 3.35. The zero-order valence-electron chi connectivity index (χ0n) is 11.3. The maximum absolute atomic E-state index is 12.8. The molecule has 0 aliphatic carbocycles. The van der Waals surface area contributed by atoms with E-state index in [1.54, 1.807) is 19.1 Å². The fourth-order valence-electron chi connectivity index (χ4n) is 1.75. The summed E-state index contributed by atoms with van der Waals surface area (Å²) in [6.07, 6.45) is 0. The second kappa shape index (κ2) is 5.63. The normalized spacial score (nSPS) is 11.3. The Morgan fingerprint density at radius 1 is 1.05 bits per heavy atom. The first-order valence-corrected chi connectivity index (χ1v) is 7.67. The van der Waals surface area contributed by atoms with Crippen LogP contribution in [0.3, 0.4) is 0 Å². The SMILES string of the molecule is Cc1ccc(C)c(OS(=O)(=O)Cc2ccc(F)cc2)c1. The molecule has 0 amide bonds. The molecule has 0 aliphatic heterocycles. The third-order valence-corrected chi connectivity index (χ3v) is 3.94. The third-order valence-electron chi connectivity index (χ3n) is 2.82. The Morgan fingerprint density at radius 3 is 2.35 bits per heavy atom. The van der Waals surface area contributed by atoms with Gasteiger partial charge in [0.05, 0.1) is 0 Å². The average molecular weight is 294 g/mol. The average Bonchev–Trinajstić information content (AvgIpc) is 2.36. The van der Waals surface area contributed by atoms with E-state index in [0.717, 1.165) is 11.1 Å². The third kappa shape index (κ3) is 3.81. The number of aryl methyl sites for hydroxylation is 2. The van der Waals surface area contributed by atoms with Crippen molar-refractivity contribution < 1.29 is 17.0 Å². The zero-order chi connectivity index (χ0) is 14.8. The Morgan fingerprint density at radius 2 is 1.70 bits per heavy atom. The molecule has 2 aromatic rings. The standard InChI is InChI=1S/C15H15FO3S/c1-11-3-4-12(2)15(9-11)19-20(17,18)10-13-5-7-14(16)8-6-13/h3-9H,10H2,1-2H3. The topological polar surface area (TPSA) is 43.4 Å². The number of rotatable bonds is 4. The smallest absolute Gasteiger partial charge is 0.313 e. The first-order valence-electron chi connectivity index (χ1n) is 6.09. The van der Waals surface area contributed by atoms with Gasteiger partial charge in [-0.3, -0.25) is 0 Å². The van der Waals surface area contributed by atoms with E-state index in [9.17, 15) is 12.8 Å². The highest BCUT2D eigenvalue weighted by Crippen LogP contribution is 2.22. The van der Waals surface area contributed by atoms with Crippen LogP contribution in [0.4, 0.5) is 4.39 Å². The second-order valence-electron chi connectivity index (χ2n) is 4.68. The molecular formula is C15H15FO3S. The summed E-state index contributed by atoms with van der Waals surface area (Å²) in [6, 6.07) is 10.7. The monoisotopic (exact) mass is 294 g/mol. The van der Waals surface area contributed by atoms with Crippen molar-refractivity contribution in [1.29, 1.82) is 0 Å². The van der Waals surface area contributed by atoms with E-state index >= 15 is 0 Å². The van der Waals surface area contributed by atoms with Gasteiger partial charge in [0.25, 0.3) is 0 Å². The fraction of sp³-hybridized carbons (Fsp3) is 0.200. The number of halogens is 1. The zero-order valence-corrected chi connectivity index (χ0v) is 12.1. The molecule has 0 spiro atoms. The van der Waals surface area contributed by atoms with Crippen molar-refractivity contribution in [3.8, 4) is 5.75 Å². The molecule has 0 saturated heterocycles. The largest absolute Gasteiger partial charge is 0.382 e. The number of hydrogen-bond acceptors (Lipinski definition) is 3. The van der Waals surface area contributed by atoms with Crippen molar-refractivity contribution in [3.05, 3.63) is 65.0 Å². The van der Waals surface area contributed by atoms with Crippen LogP contribution < -0.4 is 4.18 Å². The molecule has 0 N–H and O–H groups in total. The maximum atomic E-state index is 12.8. The first kappa shape index (κ1) is 14.5. The van der Waals surface area contributed by atoms with Crippen molar-refractivity contribution >= 4 is 10.1 Å². The van der Waals surface area contributed by atoms with Gasteiger partial charge in [-0.2, -0.15) is 8.42 Å². The van der Waals surface area contributed by atoms with Gasteiger partial charge >= 0.3 is 10.1 Å². The van der Waals surface area contributed by atoms with Crippen LogP contribution in [0.25, 0.3) is 0 Å². The number of hydrogen-bond donors (Lipinski definition) is 0. The molecule has 0 aliphatic rings. The van der Waals surface area contributed by atoms with Crippen LogP contribution in [0.5, 0.6) is 5.75 Å². The molecule has 0 fully saturated rings. The van der Waals surface area contributed by atoms with Crippen LogP contribution in [0, 0.1) is 19.7 Å². The van der Waals surface area contributed by atoms with Crippen LogP contribution in [0.1, 0.15) is 16.7 Å². The summed E-state index contributed by atoms with van der Waals surface area (Å²) in [5.41, 5.74) is 2.15. The van der Waals surface area contributed by atoms with Gasteiger partial charge in [-0.1, -0.05) is 24.3 Å². The summed E-state index contributed by atoms with van der Waals surface area (Å²) in [5, 5.41) is 0. The van der Waals surface area contributed by atoms with Gasteiger partial charge in [0, 0.05) is 0 Å². The van der Waals surface area contributed by atoms with Crippen molar-refractivity contribution in [2.75, 3.05) is 0 Å². The van der Waals surface area contributed by atoms with Crippen LogP contribution in [-0.4, -0.2) is 8.42 Å². The lowest BCUT2D eigenvalue weighted by atomic mass is 10.1. The summed E-state index contributed by atoms with van der Waals surface area (Å²) >= 11 is 0. The lowest BCUT2D eigenvalue weighted by Crippen LogP contribution is -2.12. The van der Waals surface area contributed by atoms with Crippen LogP contribution in [0.15, 0.2) is 42.5 Å². The summed E-state index contributed by atoms with van der Waals surface area (Å²) in [5.74, 6) is -0.366. The van der Waals surface area contributed by atoms with Gasteiger partial charge in [0.15, 0.2) is 0 Å². The van der Waals surface area contributed by atoms with Crippen molar-refractivity contribution in [2.45, 2.75) is 19.6 Å². The molecule has 0 atom stereocenters. The van der Waals surface area contributed by atoms with Gasteiger partial charge in [-0.05, 0) is 48.7 Å². The predicted molar refractivity (Wildman–Crippen MR) is 75.6 cm³/mol. The number of benzene rings is 2. The second-order valence-corrected chi connectivity index (χ2v) is 6.25. The Kier molecular flexibility index (Phi) is 4.09. The summed E-state index contributed by atoms with van der Waals surface area (Å²) in [4.78, 5) is 0. The van der Waals surface area contributed by atoms with Gasteiger partial charge in [-0.25, -0.2) is 4.39 Å². The molecule has 0 bridgehead atoms. The van der Waals surface area contributed by atoms with Crippen LogP contribution in [0.2, 0.25) is 0 Å². The highest BCUT2D eigenvalue weighted by Gasteiger charge is 2.15. The molecule has 3 nitrogen and oxygen atoms in total. The molecule has 106 valence electrons. The molecule has 2 rings (SSSR count). The summed E-state index contributed by atoms with van der Waals surface area (Å²) in [7, 11) is -3.76. The Hall–Kier alpha value is -1.88. The van der Waals surface area contributed by atoms with E-state index in [-0.39, 0.29) is 5.75 Å². The van der Waals surface area contributed by atoms with E-state index in [4.69, 9.17) is 4.18 Å². The molecule has 20 heavy (non-hydrogen) atoms. The first-order chi connectivity index (χ1) is 9.35. The Bertz CT molecular complexity index is 706. The Balaban J connectivity index is 2.19. The minimum absolute atomic E-state index is 0.291. The van der Waals surface area contributed by atoms with Crippen LogP contribution in [-0.2, 0) is 15.9 Å². The van der Waals surface area contributed by atoms with Crippen molar-refractivity contribution in [3.63, 3.8) is 0 Å². The van der Waals surface area contributed by atoms with Gasteiger partial charge in [-0.15, -0.1) is 0 Å². The van der Waals surface area contributed by atoms with Crippen molar-refractivity contribution in [1.82, 2.24) is 0 Å². The minimum atomic E-state index is -3.76. The molecule has 0 unspecified atom stereocenters. The molecule has 0 saturated carbocycles. The molecule has 0 aromatic heterocycles. The van der Waals surface area contributed by atoms with E-state index in [0.29, 0.717) is 11.3 Å². The highest BCUT2D eigenvalue weighted by atomic mass is 32.2. The molecule has 5 heteroatoms. The van der Waals surface area contributed by atoms with Gasteiger partial charge in [0.1, 0.15) is 17.3 Å². The molecular weight excluding hydrogens is 279 g/mol. The lowest BCUT2D eigenvalue weighted by molar-refractivity contribution is 0.483. The lowest BCUT2D eigenvalue weighted by Gasteiger charge is -2.10. The van der Waals surface area contributed by atoms with E-state index in [1.165, 1.54) is 24.3 Å². The van der Waals surface area contributed by atoms with Crippen LogP contribution >= 0.6 is 0 Å². The maximum Gasteiger partial charge on any atom is 0.313 e. The van der Waals surface area contributed by atoms with E-state index < -0.39 is 15.9 Å². The highest BCUT2D eigenvalue weighted by molar-refractivity contribution is 7.86. The Labute approximate surface area is 118 Å². The van der Waals surface area contributed by atoms with E-state index in [1.807, 2.05) is 13.0 Å². The molecule has 0 heterocycles.